The lowest BCUT2D eigenvalue weighted by Gasteiger charge is -2.41. The maximum absolute atomic E-state index is 13.0. The minimum Gasteiger partial charge on any atom is -0.465 e. The summed E-state index contributed by atoms with van der Waals surface area (Å²) in [7, 11) is -2.34. The number of benzene rings is 2. The maximum Gasteiger partial charge on any atom is 0.410 e. The van der Waals surface area contributed by atoms with Gasteiger partial charge in [-0.1, -0.05) is 93.6 Å². The van der Waals surface area contributed by atoms with E-state index in [0.717, 1.165) is 11.1 Å². The van der Waals surface area contributed by atoms with Gasteiger partial charge in [-0.05, 0) is 47.0 Å². The maximum atomic E-state index is 13.0. The lowest BCUT2D eigenvalue weighted by molar-refractivity contribution is -0.114. The van der Waals surface area contributed by atoms with Gasteiger partial charge in [0.15, 0.2) is 14.1 Å². The largest absolute Gasteiger partial charge is 0.465 e. The highest BCUT2D eigenvalue weighted by atomic mass is 28.4. The zero-order valence-electron chi connectivity index (χ0n) is 24.7. The first-order chi connectivity index (χ1) is 19.8. The van der Waals surface area contributed by atoms with Gasteiger partial charge < -0.3 is 19.6 Å². The number of ketones is 1. The van der Waals surface area contributed by atoms with Crippen molar-refractivity contribution >= 4 is 32.1 Å². The van der Waals surface area contributed by atoms with E-state index in [-0.39, 0.29) is 29.7 Å². The number of anilines is 1. The lowest BCUT2D eigenvalue weighted by atomic mass is 10.0. The van der Waals surface area contributed by atoms with Gasteiger partial charge in [0.1, 0.15) is 12.4 Å². The number of carboxylic acid groups (broad SMARTS) is 1. The van der Waals surface area contributed by atoms with Crippen LogP contribution in [0.2, 0.25) is 18.1 Å². The van der Waals surface area contributed by atoms with Crippen LogP contribution >= 0.6 is 0 Å². The number of nitrogens with zero attached hydrogens (tertiary/aromatic N) is 1. The summed E-state index contributed by atoms with van der Waals surface area (Å²) in [6.45, 7) is 10.8. The zero-order chi connectivity index (χ0) is 30.8. The van der Waals surface area contributed by atoms with Crippen LogP contribution in [0.4, 0.5) is 15.4 Å². The van der Waals surface area contributed by atoms with E-state index in [1.165, 1.54) is 18.3 Å². The first-order valence-electron chi connectivity index (χ1n) is 13.7. The van der Waals surface area contributed by atoms with E-state index in [9.17, 15) is 14.4 Å². The number of pyridine rings is 1. The Bertz CT molecular complexity index is 1360. The summed E-state index contributed by atoms with van der Waals surface area (Å²) in [5.74, 6) is -0.0552. The molecule has 10 heteroatoms. The molecule has 0 fully saturated rings. The molecule has 42 heavy (non-hydrogen) atoms. The van der Waals surface area contributed by atoms with E-state index in [2.05, 4.69) is 49.5 Å². The van der Waals surface area contributed by atoms with Crippen LogP contribution in [0.25, 0.3) is 0 Å². The number of hydrogen-bond donors (Lipinski definition) is 3. The van der Waals surface area contributed by atoms with Crippen LogP contribution in [0.5, 0.6) is 0 Å². The van der Waals surface area contributed by atoms with Gasteiger partial charge >= 0.3 is 12.2 Å². The van der Waals surface area contributed by atoms with Crippen molar-refractivity contribution in [1.29, 1.82) is 0 Å². The topological polar surface area (TPSA) is 127 Å². The van der Waals surface area contributed by atoms with Crippen LogP contribution in [0.1, 0.15) is 43.6 Å². The molecule has 222 valence electrons. The van der Waals surface area contributed by atoms with Crippen molar-refractivity contribution in [3.8, 4) is 0 Å². The summed E-state index contributed by atoms with van der Waals surface area (Å²) in [6, 6.07) is 21.4. The fraction of sp³-hybridized carbons (Fsp3) is 0.312. The molecule has 0 aliphatic rings. The smallest absolute Gasteiger partial charge is 0.410 e. The highest BCUT2D eigenvalue weighted by Gasteiger charge is 2.41. The molecule has 0 spiro atoms. The van der Waals surface area contributed by atoms with E-state index in [4.69, 9.17) is 14.3 Å². The molecule has 0 bridgehead atoms. The summed E-state index contributed by atoms with van der Waals surface area (Å²) >= 11 is 0. The standard InChI is InChI=1S/C32H39N3O6Si/c1-32(2,3)42(4,5)41-29(25-14-10-7-11-15-25)27(34-31(39)40-22-23-12-8-6-9-13-23)18-17-26(36)20-24-16-19-28(33-21-24)35-30(37)38/h6-19,21,27,29H,20,22H2,1-5H3,(H,33,35)(H,34,39)(H,37,38)/t27-,29-/m1/s1. The van der Waals surface area contributed by atoms with Gasteiger partial charge in [0.2, 0.25) is 0 Å². The number of hydrogen-bond acceptors (Lipinski definition) is 6. The number of nitrogens with one attached hydrogen (secondary N) is 2. The molecule has 0 aliphatic heterocycles. The highest BCUT2D eigenvalue weighted by molar-refractivity contribution is 6.74. The Labute approximate surface area is 248 Å². The second kappa shape index (κ2) is 14.6. The fourth-order valence-corrected chi connectivity index (χ4v) is 5.07. The van der Waals surface area contributed by atoms with E-state index >= 15 is 0 Å². The number of amides is 2. The molecule has 1 aromatic heterocycles. The molecule has 1 heterocycles. The molecule has 0 saturated carbocycles. The molecular formula is C32H39N3O6Si. The highest BCUT2D eigenvalue weighted by Crippen LogP contribution is 2.40. The Morgan fingerprint density at radius 3 is 2.17 bits per heavy atom. The second-order valence-corrected chi connectivity index (χ2v) is 16.2. The van der Waals surface area contributed by atoms with Crippen molar-refractivity contribution < 1.29 is 28.7 Å². The van der Waals surface area contributed by atoms with Crippen LogP contribution in [-0.2, 0) is 27.0 Å². The normalized spacial score (nSPS) is 13.3. The van der Waals surface area contributed by atoms with Gasteiger partial charge in [0.05, 0.1) is 12.1 Å². The van der Waals surface area contributed by atoms with Crippen molar-refractivity contribution in [3.05, 3.63) is 108 Å². The number of rotatable bonds is 12. The molecule has 0 unspecified atom stereocenters. The Hall–Kier alpha value is -4.28. The van der Waals surface area contributed by atoms with Crippen LogP contribution < -0.4 is 10.6 Å². The average molecular weight is 590 g/mol. The number of aromatic nitrogens is 1. The SMILES string of the molecule is CC(C)(C)[Si](C)(C)O[C@H](c1ccccc1)[C@@H](C=CC(=O)Cc1ccc(NC(=O)O)nc1)NC(=O)OCc1ccccc1. The third-order valence-corrected chi connectivity index (χ3v) is 11.6. The van der Waals surface area contributed by atoms with Gasteiger partial charge in [-0.25, -0.2) is 14.6 Å². The van der Waals surface area contributed by atoms with E-state index < -0.39 is 32.6 Å². The average Bonchev–Trinajstić information content (AvgIpc) is 2.94. The van der Waals surface area contributed by atoms with Crippen molar-refractivity contribution in [2.45, 2.75) is 64.1 Å². The minimum atomic E-state index is -2.34. The van der Waals surface area contributed by atoms with Crippen LogP contribution in [0, 0.1) is 0 Å². The van der Waals surface area contributed by atoms with Gasteiger partial charge in [-0.3, -0.25) is 10.1 Å². The lowest BCUT2D eigenvalue weighted by Crippen LogP contribution is -2.47. The Kier molecular flexibility index (Phi) is 11.2. The minimum absolute atomic E-state index is 0.0428. The summed E-state index contributed by atoms with van der Waals surface area (Å²) < 4.78 is 12.4. The molecule has 0 radical (unpaired) electrons. The molecule has 2 amide bonds. The number of alkyl carbamates (subject to hydrolysis) is 1. The third-order valence-electron chi connectivity index (χ3n) is 7.11. The molecule has 2 atom stereocenters. The Balaban J connectivity index is 1.86. The summed E-state index contributed by atoms with van der Waals surface area (Å²) in [4.78, 5) is 40.8. The van der Waals surface area contributed by atoms with Gasteiger partial charge in [0.25, 0.3) is 0 Å². The monoisotopic (exact) mass is 589 g/mol. The molecule has 3 rings (SSSR count). The summed E-state index contributed by atoms with van der Waals surface area (Å²) in [5, 5.41) is 13.8. The fourth-order valence-electron chi connectivity index (χ4n) is 3.79. The first kappa shape index (κ1) is 32.2. The van der Waals surface area contributed by atoms with Crippen LogP contribution in [0.3, 0.4) is 0 Å². The quantitative estimate of drug-likeness (QED) is 0.155. The molecule has 3 aromatic rings. The Morgan fingerprint density at radius 2 is 1.60 bits per heavy atom. The van der Waals surface area contributed by atoms with Gasteiger partial charge in [-0.15, -0.1) is 0 Å². The molecule has 0 aliphatic carbocycles. The molecule has 9 nitrogen and oxygen atoms in total. The van der Waals surface area contributed by atoms with Crippen LogP contribution in [-0.4, -0.2) is 42.4 Å². The molecule has 2 aromatic carbocycles. The number of carbonyl (C=O) groups excluding carboxylic acids is 2. The first-order valence-corrected chi connectivity index (χ1v) is 16.6. The van der Waals surface area contributed by atoms with Crippen LogP contribution in [0.15, 0.2) is 91.1 Å². The van der Waals surface area contributed by atoms with E-state index in [1.54, 1.807) is 12.1 Å². The molecule has 3 N–H and O–H groups in total. The number of carbonyl (C=O) groups is 3. The van der Waals surface area contributed by atoms with E-state index in [1.807, 2.05) is 60.7 Å². The third kappa shape index (κ3) is 9.97. The van der Waals surface area contributed by atoms with Crippen molar-refractivity contribution in [2.24, 2.45) is 0 Å². The van der Waals surface area contributed by atoms with Crippen molar-refractivity contribution in [2.75, 3.05) is 5.32 Å². The molecule has 0 saturated heterocycles. The van der Waals surface area contributed by atoms with Crippen molar-refractivity contribution in [3.63, 3.8) is 0 Å². The predicted octanol–water partition coefficient (Wildman–Crippen LogP) is 6.90. The summed E-state index contributed by atoms with van der Waals surface area (Å²) in [6.07, 6.45) is 2.13. The zero-order valence-corrected chi connectivity index (χ0v) is 25.7. The number of allylic oxidation sites excluding steroid dienone is 1. The summed E-state index contributed by atoms with van der Waals surface area (Å²) in [5.41, 5.74) is 2.33. The second-order valence-electron chi connectivity index (χ2n) is 11.4. The molecular weight excluding hydrogens is 550 g/mol. The van der Waals surface area contributed by atoms with E-state index in [0.29, 0.717) is 5.56 Å². The Morgan fingerprint density at radius 1 is 0.952 bits per heavy atom. The van der Waals surface area contributed by atoms with Crippen molar-refractivity contribution in [1.82, 2.24) is 10.3 Å². The predicted molar refractivity (Wildman–Crippen MR) is 165 cm³/mol. The number of ether oxygens (including phenoxy) is 1. The van der Waals surface area contributed by atoms with Gasteiger partial charge in [-0.2, -0.15) is 0 Å². The van der Waals surface area contributed by atoms with Gasteiger partial charge in [0, 0.05) is 12.6 Å².